The Morgan fingerprint density at radius 1 is 0.914 bits per heavy atom. The van der Waals surface area contributed by atoms with Crippen LogP contribution in [-0.2, 0) is 10.9 Å². The molecule has 0 bridgehead atoms. The first-order valence-electron chi connectivity index (χ1n) is 9.76. The molecule has 3 amide bonds. The van der Waals surface area contributed by atoms with E-state index in [1.807, 2.05) is 0 Å². The van der Waals surface area contributed by atoms with Gasteiger partial charge >= 0.3 is 24.3 Å². The molecule has 0 radical (unpaired) electrons. The van der Waals surface area contributed by atoms with E-state index in [0.717, 1.165) is 11.0 Å². The zero-order chi connectivity index (χ0) is 25.8. The molecule has 3 N–H and O–H groups in total. The number of alkyl halides is 3. The second kappa shape index (κ2) is 10.3. The van der Waals surface area contributed by atoms with Gasteiger partial charge in [-0.2, -0.15) is 13.2 Å². The minimum atomic E-state index is -4.69. The number of hydrogen-bond donors (Lipinski definition) is 3. The maximum Gasteiger partial charge on any atom is 0.417 e. The highest BCUT2D eigenvalue weighted by Gasteiger charge is 2.33. The lowest BCUT2D eigenvalue weighted by atomic mass is 10.1. The van der Waals surface area contributed by atoms with Gasteiger partial charge in [-0.05, 0) is 60.7 Å². The van der Waals surface area contributed by atoms with Gasteiger partial charge in [-0.25, -0.2) is 19.3 Å². The molecule has 3 aromatic carbocycles. The van der Waals surface area contributed by atoms with Crippen LogP contribution in [0.25, 0.3) is 0 Å². The lowest BCUT2D eigenvalue weighted by Crippen LogP contribution is -2.24. The van der Waals surface area contributed by atoms with Crippen LogP contribution in [0.5, 0.6) is 0 Å². The third-order valence-electron chi connectivity index (χ3n) is 4.63. The summed E-state index contributed by atoms with van der Waals surface area (Å²) < 4.78 is 43.6. The summed E-state index contributed by atoms with van der Waals surface area (Å²) in [5.74, 6) is -0.634. The zero-order valence-electron chi connectivity index (χ0n) is 17.9. The first-order valence-corrected chi connectivity index (χ1v) is 10.1. The number of ether oxygens (including phenoxy) is 1. The predicted molar refractivity (Wildman–Crippen MR) is 123 cm³/mol. The summed E-state index contributed by atoms with van der Waals surface area (Å²) in [6, 6.07) is 13.5. The third-order valence-corrected chi connectivity index (χ3v) is 4.96. The summed E-state index contributed by atoms with van der Waals surface area (Å²) in [6.45, 7) is 0. The predicted octanol–water partition coefficient (Wildman–Crippen LogP) is 6.61. The lowest BCUT2D eigenvalue weighted by Gasteiger charge is -2.20. The number of benzene rings is 3. The van der Waals surface area contributed by atoms with E-state index in [-0.39, 0.29) is 28.3 Å². The highest BCUT2D eigenvalue weighted by Crippen LogP contribution is 2.36. The maximum absolute atomic E-state index is 13.0. The van der Waals surface area contributed by atoms with Crippen LogP contribution in [0.1, 0.15) is 15.9 Å². The number of nitrogens with zero attached hydrogens (tertiary/aromatic N) is 1. The molecule has 0 saturated carbocycles. The molecule has 0 aromatic heterocycles. The van der Waals surface area contributed by atoms with Crippen molar-refractivity contribution in [1.29, 1.82) is 0 Å². The van der Waals surface area contributed by atoms with Crippen molar-refractivity contribution < 1.29 is 37.4 Å². The van der Waals surface area contributed by atoms with Crippen LogP contribution in [0.3, 0.4) is 0 Å². The summed E-state index contributed by atoms with van der Waals surface area (Å²) in [5, 5.41) is 13.9. The number of hydrogen-bond acceptors (Lipinski definition) is 4. The van der Waals surface area contributed by atoms with Crippen molar-refractivity contribution >= 4 is 52.4 Å². The highest BCUT2D eigenvalue weighted by molar-refractivity contribution is 6.31. The smallest absolute Gasteiger partial charge is 0.417 e. The van der Waals surface area contributed by atoms with E-state index >= 15 is 0 Å². The molecule has 8 nitrogen and oxygen atoms in total. The molecule has 0 aliphatic carbocycles. The van der Waals surface area contributed by atoms with E-state index in [1.165, 1.54) is 61.7 Å². The first-order chi connectivity index (χ1) is 16.5. The number of nitrogens with one attached hydrogen (secondary N) is 2. The number of carboxylic acid groups (broad SMARTS) is 1. The molecule has 0 atom stereocenters. The fraction of sp³-hybridized carbons (Fsp3) is 0.0870. The minimum Gasteiger partial charge on any atom is -0.465 e. The number of methoxy groups -OCH3 is 1. The SMILES string of the molecule is COC(=O)c1cccc(N(C(=O)O)c2ccc(NC(=O)Nc3ccc(Cl)c(C(F)(F)F)c3)cc2)c1. The fourth-order valence-electron chi connectivity index (χ4n) is 3.07. The van der Waals surface area contributed by atoms with Crippen molar-refractivity contribution in [3.63, 3.8) is 0 Å². The van der Waals surface area contributed by atoms with E-state index in [1.54, 1.807) is 0 Å². The Balaban J connectivity index is 1.75. The van der Waals surface area contributed by atoms with Crippen LogP contribution in [0.15, 0.2) is 66.7 Å². The quantitative estimate of drug-likeness (QED) is 0.337. The van der Waals surface area contributed by atoms with Crippen LogP contribution in [0.4, 0.5) is 45.5 Å². The summed E-state index contributed by atoms with van der Waals surface area (Å²) in [6.07, 6.45) is -6.01. The Morgan fingerprint density at radius 3 is 2.14 bits per heavy atom. The van der Waals surface area contributed by atoms with Gasteiger partial charge in [-0.3, -0.25) is 0 Å². The number of esters is 1. The van der Waals surface area contributed by atoms with Crippen molar-refractivity contribution in [2.24, 2.45) is 0 Å². The molecule has 0 spiro atoms. The molecule has 0 unspecified atom stereocenters. The fourth-order valence-corrected chi connectivity index (χ4v) is 3.29. The molecule has 0 aliphatic heterocycles. The minimum absolute atomic E-state index is 0.126. The number of halogens is 4. The van der Waals surface area contributed by atoms with Gasteiger partial charge in [-0.15, -0.1) is 0 Å². The highest BCUT2D eigenvalue weighted by atomic mass is 35.5. The number of carbonyl (C=O) groups excluding carboxylic acids is 2. The monoisotopic (exact) mass is 507 g/mol. The van der Waals surface area contributed by atoms with Gasteiger partial charge in [0.2, 0.25) is 0 Å². The van der Waals surface area contributed by atoms with Crippen LogP contribution in [0, 0.1) is 0 Å². The average Bonchev–Trinajstić information content (AvgIpc) is 2.80. The van der Waals surface area contributed by atoms with Crippen LogP contribution >= 0.6 is 11.6 Å². The normalized spacial score (nSPS) is 10.9. The second-order valence-electron chi connectivity index (χ2n) is 6.98. The largest absolute Gasteiger partial charge is 0.465 e. The number of amides is 3. The lowest BCUT2D eigenvalue weighted by molar-refractivity contribution is -0.137. The van der Waals surface area contributed by atoms with Crippen molar-refractivity contribution in [3.05, 3.63) is 82.9 Å². The second-order valence-corrected chi connectivity index (χ2v) is 7.39. The van der Waals surface area contributed by atoms with Crippen LogP contribution in [0.2, 0.25) is 5.02 Å². The van der Waals surface area contributed by atoms with Gasteiger partial charge in [0.05, 0.1) is 34.6 Å². The Labute approximate surface area is 201 Å². The molecule has 182 valence electrons. The van der Waals surface area contributed by atoms with E-state index in [9.17, 15) is 32.7 Å². The van der Waals surface area contributed by atoms with Crippen molar-refractivity contribution in [1.82, 2.24) is 0 Å². The van der Waals surface area contributed by atoms with Crippen molar-refractivity contribution in [2.45, 2.75) is 6.18 Å². The van der Waals surface area contributed by atoms with Crippen molar-refractivity contribution in [3.8, 4) is 0 Å². The molecule has 12 heteroatoms. The molecular formula is C23H17ClF3N3O5. The summed E-state index contributed by atoms with van der Waals surface area (Å²) >= 11 is 5.57. The molecule has 0 saturated heterocycles. The third kappa shape index (κ3) is 6.21. The van der Waals surface area contributed by atoms with Crippen LogP contribution < -0.4 is 15.5 Å². The topological polar surface area (TPSA) is 108 Å². The Bertz CT molecular complexity index is 1270. The molecule has 3 rings (SSSR count). The molecular weight excluding hydrogens is 491 g/mol. The molecule has 0 aliphatic rings. The number of anilines is 4. The number of urea groups is 1. The summed E-state index contributed by atoms with van der Waals surface area (Å²) in [7, 11) is 1.20. The Hall–Kier alpha value is -4.25. The van der Waals surface area contributed by atoms with Crippen molar-refractivity contribution in [2.75, 3.05) is 22.6 Å². The Kier molecular flexibility index (Phi) is 7.50. The van der Waals surface area contributed by atoms with Gasteiger partial charge in [0.25, 0.3) is 0 Å². The Morgan fingerprint density at radius 2 is 1.54 bits per heavy atom. The first kappa shape index (κ1) is 25.4. The average molecular weight is 508 g/mol. The molecule has 35 heavy (non-hydrogen) atoms. The maximum atomic E-state index is 13.0. The van der Waals surface area contributed by atoms with Crippen LogP contribution in [-0.4, -0.2) is 30.3 Å². The zero-order valence-corrected chi connectivity index (χ0v) is 18.6. The summed E-state index contributed by atoms with van der Waals surface area (Å²) in [4.78, 5) is 36.8. The molecule has 0 heterocycles. The van der Waals surface area contributed by atoms with Gasteiger partial charge in [-0.1, -0.05) is 17.7 Å². The van der Waals surface area contributed by atoms with Gasteiger partial charge in [0.15, 0.2) is 0 Å². The molecule has 3 aromatic rings. The standard InChI is InChI=1S/C23H17ClF3N3O5/c1-35-20(31)13-3-2-4-17(11-13)30(22(33)34)16-8-5-14(6-9-16)28-21(32)29-15-7-10-19(24)18(12-15)23(25,26)27/h2-12H,1H3,(H,33,34)(H2,28,29,32). The number of carbonyl (C=O) groups is 3. The van der Waals surface area contributed by atoms with Gasteiger partial charge in [0, 0.05) is 11.4 Å². The van der Waals surface area contributed by atoms with Gasteiger partial charge < -0.3 is 20.5 Å². The molecule has 0 fully saturated rings. The number of rotatable bonds is 5. The van der Waals surface area contributed by atoms with E-state index < -0.39 is 34.9 Å². The van der Waals surface area contributed by atoms with E-state index in [0.29, 0.717) is 6.07 Å². The van der Waals surface area contributed by atoms with E-state index in [2.05, 4.69) is 15.4 Å². The van der Waals surface area contributed by atoms with E-state index in [4.69, 9.17) is 11.6 Å². The van der Waals surface area contributed by atoms with Gasteiger partial charge in [0.1, 0.15) is 0 Å². The summed E-state index contributed by atoms with van der Waals surface area (Å²) in [5.41, 5.74) is -0.434.